The van der Waals surface area contributed by atoms with E-state index in [1.807, 2.05) is 6.07 Å². The molecule has 0 unspecified atom stereocenters. The summed E-state index contributed by atoms with van der Waals surface area (Å²) < 4.78 is 16.8. The third kappa shape index (κ3) is 4.34. The number of hydrogen-bond donors (Lipinski definition) is 1. The molecule has 1 aromatic rings. The molecular weight excluding hydrogens is 334 g/mol. The third-order valence-corrected chi connectivity index (χ3v) is 4.71. The van der Waals surface area contributed by atoms with Gasteiger partial charge in [-0.1, -0.05) is 0 Å². The molecule has 0 heterocycles. The van der Waals surface area contributed by atoms with Crippen molar-refractivity contribution in [2.24, 2.45) is 5.41 Å². The van der Waals surface area contributed by atoms with Crippen LogP contribution in [-0.2, 0) is 11.3 Å². The minimum atomic E-state index is 0.462. The molecule has 1 aliphatic carbocycles. The van der Waals surface area contributed by atoms with Gasteiger partial charge in [-0.2, -0.15) is 0 Å². The first-order valence-electron chi connectivity index (χ1n) is 7.24. The summed E-state index contributed by atoms with van der Waals surface area (Å²) in [4.78, 5) is 0. The first-order valence-corrected chi connectivity index (χ1v) is 8.03. The average Bonchev–Trinajstić information content (AvgIpc) is 3.25. The Kier molecular flexibility index (Phi) is 5.90. The molecule has 0 bridgehead atoms. The van der Waals surface area contributed by atoms with Gasteiger partial charge in [0.15, 0.2) is 11.5 Å². The molecule has 0 amide bonds. The molecule has 0 spiro atoms. The lowest BCUT2D eigenvalue weighted by molar-refractivity contribution is 0.171. The highest BCUT2D eigenvalue weighted by Gasteiger charge is 2.41. The lowest BCUT2D eigenvalue weighted by atomic mass is 10.0. The Morgan fingerprint density at radius 3 is 2.52 bits per heavy atom. The average molecular weight is 358 g/mol. The van der Waals surface area contributed by atoms with Crippen molar-refractivity contribution < 1.29 is 14.2 Å². The van der Waals surface area contributed by atoms with Gasteiger partial charge in [-0.15, -0.1) is 0 Å². The fraction of sp³-hybridized carbons (Fsp3) is 0.625. The van der Waals surface area contributed by atoms with Crippen molar-refractivity contribution in [2.45, 2.75) is 25.8 Å². The highest BCUT2D eigenvalue weighted by atomic mass is 79.9. The standard InChI is InChI=1S/C16H24BrNO3/c1-19-7-6-16(4-5-16)11-18-10-12-8-13(17)15(21-3)14(9-12)20-2/h8-9,18H,4-7,10-11H2,1-3H3. The Balaban J connectivity index is 1.90. The summed E-state index contributed by atoms with van der Waals surface area (Å²) in [5.74, 6) is 1.49. The summed E-state index contributed by atoms with van der Waals surface area (Å²) >= 11 is 3.53. The topological polar surface area (TPSA) is 39.7 Å². The smallest absolute Gasteiger partial charge is 0.174 e. The lowest BCUT2D eigenvalue weighted by Crippen LogP contribution is -2.24. The summed E-state index contributed by atoms with van der Waals surface area (Å²) in [6, 6.07) is 4.09. The minimum absolute atomic E-state index is 0.462. The fourth-order valence-corrected chi connectivity index (χ4v) is 3.21. The number of rotatable bonds is 9. The zero-order valence-corrected chi connectivity index (χ0v) is 14.6. The number of methoxy groups -OCH3 is 3. The number of benzene rings is 1. The zero-order chi connectivity index (χ0) is 15.3. The van der Waals surface area contributed by atoms with Crippen LogP contribution < -0.4 is 14.8 Å². The van der Waals surface area contributed by atoms with E-state index in [4.69, 9.17) is 14.2 Å². The zero-order valence-electron chi connectivity index (χ0n) is 13.0. The second-order valence-corrected chi connectivity index (χ2v) is 6.51. The third-order valence-electron chi connectivity index (χ3n) is 4.12. The Bertz CT molecular complexity index is 475. The monoisotopic (exact) mass is 357 g/mol. The van der Waals surface area contributed by atoms with Gasteiger partial charge in [-0.3, -0.25) is 0 Å². The van der Waals surface area contributed by atoms with Crippen molar-refractivity contribution >= 4 is 15.9 Å². The SMILES string of the molecule is COCCC1(CNCc2cc(Br)c(OC)c(OC)c2)CC1. The van der Waals surface area contributed by atoms with Crippen LogP contribution in [-0.4, -0.2) is 34.5 Å². The Morgan fingerprint density at radius 2 is 1.95 bits per heavy atom. The van der Waals surface area contributed by atoms with Crippen LogP contribution >= 0.6 is 15.9 Å². The van der Waals surface area contributed by atoms with E-state index in [2.05, 4.69) is 27.3 Å². The van der Waals surface area contributed by atoms with Gasteiger partial charge in [0.1, 0.15) is 0 Å². The normalized spacial score (nSPS) is 15.8. The van der Waals surface area contributed by atoms with E-state index in [1.54, 1.807) is 21.3 Å². The fourth-order valence-electron chi connectivity index (χ4n) is 2.56. The van der Waals surface area contributed by atoms with Gasteiger partial charge < -0.3 is 19.5 Å². The summed E-state index contributed by atoms with van der Waals surface area (Å²) in [6.07, 6.45) is 3.75. The van der Waals surface area contributed by atoms with Crippen molar-refractivity contribution in [1.29, 1.82) is 0 Å². The van der Waals surface area contributed by atoms with Crippen LogP contribution in [0.3, 0.4) is 0 Å². The molecule has 0 radical (unpaired) electrons. The van der Waals surface area contributed by atoms with E-state index < -0.39 is 0 Å². The molecule has 1 fully saturated rings. The van der Waals surface area contributed by atoms with E-state index >= 15 is 0 Å². The lowest BCUT2D eigenvalue weighted by Gasteiger charge is -2.16. The highest BCUT2D eigenvalue weighted by Crippen LogP contribution is 2.48. The van der Waals surface area contributed by atoms with E-state index in [0.717, 1.165) is 42.1 Å². The van der Waals surface area contributed by atoms with Crippen LogP contribution in [0.25, 0.3) is 0 Å². The molecule has 0 aliphatic heterocycles. The number of hydrogen-bond acceptors (Lipinski definition) is 4. The van der Waals surface area contributed by atoms with Gasteiger partial charge in [0, 0.05) is 26.8 Å². The maximum atomic E-state index is 5.37. The summed E-state index contributed by atoms with van der Waals surface area (Å²) in [7, 11) is 5.07. The van der Waals surface area contributed by atoms with Crippen LogP contribution in [0.4, 0.5) is 0 Å². The number of halogens is 1. The number of ether oxygens (including phenoxy) is 3. The van der Waals surface area contributed by atoms with Gasteiger partial charge in [0.25, 0.3) is 0 Å². The second-order valence-electron chi connectivity index (χ2n) is 5.66. The molecule has 4 nitrogen and oxygen atoms in total. The van der Waals surface area contributed by atoms with E-state index in [1.165, 1.54) is 18.4 Å². The van der Waals surface area contributed by atoms with Crippen molar-refractivity contribution in [3.63, 3.8) is 0 Å². The van der Waals surface area contributed by atoms with Crippen molar-refractivity contribution in [3.8, 4) is 11.5 Å². The Labute approximate surface area is 135 Å². The van der Waals surface area contributed by atoms with Gasteiger partial charge in [0.2, 0.25) is 0 Å². The van der Waals surface area contributed by atoms with Crippen LogP contribution in [0.1, 0.15) is 24.8 Å². The molecular formula is C16H24BrNO3. The van der Waals surface area contributed by atoms with Crippen LogP contribution in [0.2, 0.25) is 0 Å². The van der Waals surface area contributed by atoms with E-state index in [0.29, 0.717) is 5.41 Å². The van der Waals surface area contributed by atoms with Gasteiger partial charge in [0.05, 0.1) is 18.7 Å². The van der Waals surface area contributed by atoms with E-state index in [-0.39, 0.29) is 0 Å². The summed E-state index contributed by atoms with van der Waals surface area (Å²) in [5, 5.41) is 3.56. The van der Waals surface area contributed by atoms with Gasteiger partial charge >= 0.3 is 0 Å². The van der Waals surface area contributed by atoms with Gasteiger partial charge in [-0.25, -0.2) is 0 Å². The van der Waals surface area contributed by atoms with Crippen LogP contribution in [0.15, 0.2) is 16.6 Å². The molecule has 2 rings (SSSR count). The molecule has 0 aromatic heterocycles. The van der Waals surface area contributed by atoms with Gasteiger partial charge in [-0.05, 0) is 58.3 Å². The molecule has 21 heavy (non-hydrogen) atoms. The van der Waals surface area contributed by atoms with Crippen LogP contribution in [0.5, 0.6) is 11.5 Å². The predicted octanol–water partition coefficient (Wildman–Crippen LogP) is 3.37. The Morgan fingerprint density at radius 1 is 1.19 bits per heavy atom. The van der Waals surface area contributed by atoms with Crippen molar-refractivity contribution in [3.05, 3.63) is 22.2 Å². The Hall–Kier alpha value is -0.780. The van der Waals surface area contributed by atoms with Crippen molar-refractivity contribution in [1.82, 2.24) is 5.32 Å². The minimum Gasteiger partial charge on any atom is -0.493 e. The summed E-state index contributed by atoms with van der Waals surface area (Å²) in [6.45, 7) is 2.72. The predicted molar refractivity (Wildman–Crippen MR) is 87.1 cm³/mol. The van der Waals surface area contributed by atoms with Crippen molar-refractivity contribution in [2.75, 3.05) is 34.5 Å². The molecule has 1 aromatic carbocycles. The number of nitrogens with one attached hydrogen (secondary N) is 1. The quantitative estimate of drug-likeness (QED) is 0.735. The first kappa shape index (κ1) is 16.6. The molecule has 0 atom stereocenters. The molecule has 0 saturated heterocycles. The first-order chi connectivity index (χ1) is 10.1. The molecule has 1 N–H and O–H groups in total. The maximum Gasteiger partial charge on any atom is 0.174 e. The second kappa shape index (κ2) is 7.47. The molecule has 5 heteroatoms. The maximum absolute atomic E-state index is 5.37. The molecule has 118 valence electrons. The van der Waals surface area contributed by atoms with Crippen LogP contribution in [0, 0.1) is 5.41 Å². The molecule has 1 aliphatic rings. The molecule has 1 saturated carbocycles. The van der Waals surface area contributed by atoms with E-state index in [9.17, 15) is 0 Å². The highest BCUT2D eigenvalue weighted by molar-refractivity contribution is 9.10. The summed E-state index contributed by atoms with van der Waals surface area (Å²) in [5.41, 5.74) is 1.64. The largest absolute Gasteiger partial charge is 0.493 e.